The number of amides is 1. The lowest BCUT2D eigenvalue weighted by Gasteiger charge is -2.12. The summed E-state index contributed by atoms with van der Waals surface area (Å²) in [6.45, 7) is 1.09. The number of fused-ring (bicyclic) bond motifs is 1. The smallest absolute Gasteiger partial charge is 0.257 e. The van der Waals surface area contributed by atoms with Gasteiger partial charge in [-0.15, -0.1) is 0 Å². The molecule has 3 aromatic heterocycles. The van der Waals surface area contributed by atoms with Crippen LogP contribution in [0.25, 0.3) is 16.6 Å². The molecule has 0 bridgehead atoms. The van der Waals surface area contributed by atoms with Crippen LogP contribution in [0, 0.1) is 5.82 Å². The summed E-state index contributed by atoms with van der Waals surface area (Å²) >= 11 is 0. The number of aryl methyl sites for hydroxylation is 1. The first-order chi connectivity index (χ1) is 15.3. The average Bonchev–Trinajstić information content (AvgIpc) is 3.38. The molecule has 0 spiro atoms. The van der Waals surface area contributed by atoms with Crippen LogP contribution in [-0.2, 0) is 13.7 Å². The third-order valence-corrected chi connectivity index (χ3v) is 5.24. The Labute approximate surface area is 183 Å². The fraction of sp³-hybridized carbons (Fsp3) is 0.174. The highest BCUT2D eigenvalue weighted by atomic mass is 19.1. The van der Waals surface area contributed by atoms with Crippen LogP contribution in [0.4, 0.5) is 15.8 Å². The van der Waals surface area contributed by atoms with E-state index in [-0.39, 0.29) is 29.2 Å². The molecule has 1 aromatic carbocycles. The molecular weight excluding hydrogens is 413 g/mol. The van der Waals surface area contributed by atoms with E-state index in [1.807, 2.05) is 0 Å². The maximum atomic E-state index is 15.3. The molecule has 9 heteroatoms. The maximum Gasteiger partial charge on any atom is 0.257 e. The molecule has 32 heavy (non-hydrogen) atoms. The van der Waals surface area contributed by atoms with Crippen LogP contribution >= 0.6 is 0 Å². The minimum atomic E-state index is -0.644. The second-order valence-corrected chi connectivity index (χ2v) is 7.44. The van der Waals surface area contributed by atoms with Crippen molar-refractivity contribution < 1.29 is 19.1 Å². The van der Waals surface area contributed by atoms with Crippen molar-refractivity contribution in [2.45, 2.75) is 13.5 Å². The van der Waals surface area contributed by atoms with E-state index >= 15 is 4.39 Å². The fourth-order valence-corrected chi connectivity index (χ4v) is 3.63. The number of carbonyl (C=O) groups is 2. The lowest BCUT2D eigenvalue weighted by Crippen LogP contribution is -2.13. The molecule has 0 aliphatic rings. The first kappa shape index (κ1) is 21.3. The number of halogens is 1. The third kappa shape index (κ3) is 3.74. The minimum absolute atomic E-state index is 0.0751. The molecule has 0 radical (unpaired) electrons. The van der Waals surface area contributed by atoms with Crippen LogP contribution in [-0.4, -0.2) is 38.0 Å². The molecule has 0 atom stereocenters. The van der Waals surface area contributed by atoms with Crippen molar-refractivity contribution in [1.82, 2.24) is 14.2 Å². The first-order valence-corrected chi connectivity index (χ1v) is 9.89. The van der Waals surface area contributed by atoms with Crippen molar-refractivity contribution in [3.8, 4) is 11.1 Å². The van der Waals surface area contributed by atoms with Gasteiger partial charge in [0.15, 0.2) is 11.6 Å². The number of aliphatic hydroxyl groups excluding tert-OH is 1. The van der Waals surface area contributed by atoms with E-state index in [0.29, 0.717) is 22.3 Å². The van der Waals surface area contributed by atoms with E-state index < -0.39 is 11.7 Å². The zero-order valence-corrected chi connectivity index (χ0v) is 17.8. The van der Waals surface area contributed by atoms with E-state index in [4.69, 9.17) is 0 Å². The molecule has 0 unspecified atom stereocenters. The summed E-state index contributed by atoms with van der Waals surface area (Å²) in [5.41, 5.74) is 2.92. The van der Waals surface area contributed by atoms with Crippen molar-refractivity contribution in [3.05, 3.63) is 71.6 Å². The van der Waals surface area contributed by atoms with Crippen LogP contribution in [0.2, 0.25) is 0 Å². The number of ketones is 1. The van der Waals surface area contributed by atoms with Crippen LogP contribution in [0.5, 0.6) is 0 Å². The second kappa shape index (κ2) is 8.27. The van der Waals surface area contributed by atoms with Crippen LogP contribution in [0.15, 0.2) is 48.9 Å². The van der Waals surface area contributed by atoms with Crippen molar-refractivity contribution in [2.75, 3.05) is 17.7 Å². The number of Topliss-reactive ketones (excluding diaryl/α,β-unsaturated/α-hetero) is 1. The minimum Gasteiger partial charge on any atom is -0.392 e. The largest absolute Gasteiger partial charge is 0.392 e. The van der Waals surface area contributed by atoms with Crippen molar-refractivity contribution >= 4 is 28.6 Å². The molecule has 1 amide bonds. The number of nitrogens with one attached hydrogen (secondary N) is 2. The third-order valence-electron chi connectivity index (χ3n) is 5.24. The molecule has 4 aromatic rings. The standard InChI is InChI=1S/C23H22FN5O3/c1-13(31)20-9-18(21-8-16(25-2)4-5-29(20)21)23(32)27-19-7-14(12-30)6-17(22(19)24)15-10-26-28(3)11-15/h4-11,25,30H,12H2,1-3H3,(H,27,32). The van der Waals surface area contributed by atoms with Crippen LogP contribution in [0.3, 0.4) is 0 Å². The van der Waals surface area contributed by atoms with Gasteiger partial charge >= 0.3 is 0 Å². The number of nitrogens with zero attached hydrogens (tertiary/aromatic N) is 3. The summed E-state index contributed by atoms with van der Waals surface area (Å²) < 4.78 is 18.5. The zero-order valence-electron chi connectivity index (χ0n) is 17.8. The number of carbonyl (C=O) groups excluding carboxylic acids is 2. The molecule has 3 heterocycles. The van der Waals surface area contributed by atoms with E-state index in [2.05, 4.69) is 15.7 Å². The van der Waals surface area contributed by atoms with Gasteiger partial charge in [0, 0.05) is 50.2 Å². The molecule has 0 aliphatic heterocycles. The number of hydrogen-bond acceptors (Lipinski definition) is 5. The summed E-state index contributed by atoms with van der Waals surface area (Å²) in [4.78, 5) is 25.3. The van der Waals surface area contributed by atoms with Gasteiger partial charge in [-0.1, -0.05) is 0 Å². The van der Waals surface area contributed by atoms with Gasteiger partial charge in [-0.3, -0.25) is 14.3 Å². The zero-order chi connectivity index (χ0) is 23.0. The molecule has 0 aliphatic carbocycles. The fourth-order valence-electron chi connectivity index (χ4n) is 3.63. The van der Waals surface area contributed by atoms with Crippen molar-refractivity contribution in [2.24, 2.45) is 7.05 Å². The van der Waals surface area contributed by atoms with E-state index in [1.165, 1.54) is 36.0 Å². The van der Waals surface area contributed by atoms with Gasteiger partial charge in [-0.05, 0) is 35.9 Å². The number of benzene rings is 1. The van der Waals surface area contributed by atoms with Gasteiger partial charge in [0.05, 0.1) is 35.3 Å². The highest BCUT2D eigenvalue weighted by Crippen LogP contribution is 2.30. The van der Waals surface area contributed by atoms with Crippen LogP contribution < -0.4 is 10.6 Å². The lowest BCUT2D eigenvalue weighted by atomic mass is 10.0. The number of hydrogen-bond donors (Lipinski definition) is 3. The number of anilines is 2. The summed E-state index contributed by atoms with van der Waals surface area (Å²) in [5.74, 6) is -1.42. The van der Waals surface area contributed by atoms with Gasteiger partial charge < -0.3 is 20.1 Å². The Morgan fingerprint density at radius 2 is 2.00 bits per heavy atom. The molecule has 0 fully saturated rings. The summed E-state index contributed by atoms with van der Waals surface area (Å²) in [7, 11) is 3.46. The number of rotatable bonds is 6. The molecule has 8 nitrogen and oxygen atoms in total. The SMILES string of the molecule is CNc1ccn2c(C(C)=O)cc(C(=O)Nc3cc(CO)cc(-c4cnn(C)c4)c3F)c2c1. The van der Waals surface area contributed by atoms with E-state index in [9.17, 15) is 14.7 Å². The van der Waals surface area contributed by atoms with Gasteiger partial charge in [-0.2, -0.15) is 5.10 Å². The summed E-state index contributed by atoms with van der Waals surface area (Å²) in [5, 5.41) is 19.3. The highest BCUT2D eigenvalue weighted by molar-refractivity contribution is 6.11. The predicted molar refractivity (Wildman–Crippen MR) is 119 cm³/mol. The summed E-state index contributed by atoms with van der Waals surface area (Å²) in [6, 6.07) is 7.91. The monoisotopic (exact) mass is 435 g/mol. The van der Waals surface area contributed by atoms with Gasteiger partial charge in [0.1, 0.15) is 0 Å². The van der Waals surface area contributed by atoms with E-state index in [1.54, 1.807) is 43.0 Å². The Kier molecular flexibility index (Phi) is 5.50. The summed E-state index contributed by atoms with van der Waals surface area (Å²) in [6.07, 6.45) is 4.85. The maximum absolute atomic E-state index is 15.3. The lowest BCUT2D eigenvalue weighted by molar-refractivity contribution is 0.101. The van der Waals surface area contributed by atoms with Gasteiger partial charge in [0.25, 0.3) is 5.91 Å². The number of pyridine rings is 1. The van der Waals surface area contributed by atoms with E-state index in [0.717, 1.165) is 5.69 Å². The molecule has 0 saturated carbocycles. The normalized spacial score (nSPS) is 11.0. The predicted octanol–water partition coefficient (Wildman–Crippen LogP) is 3.47. The molecule has 3 N–H and O–H groups in total. The molecular formula is C23H22FN5O3. The molecule has 4 rings (SSSR count). The molecule has 164 valence electrons. The van der Waals surface area contributed by atoms with Crippen molar-refractivity contribution in [1.29, 1.82) is 0 Å². The van der Waals surface area contributed by atoms with Crippen molar-refractivity contribution in [3.63, 3.8) is 0 Å². The number of aliphatic hydroxyl groups is 1. The topological polar surface area (TPSA) is 101 Å². The Morgan fingerprint density at radius 3 is 2.62 bits per heavy atom. The first-order valence-electron chi connectivity index (χ1n) is 9.89. The number of aromatic nitrogens is 3. The Hall–Kier alpha value is -3.98. The van der Waals surface area contributed by atoms with Gasteiger partial charge in [-0.25, -0.2) is 4.39 Å². The molecule has 0 saturated heterocycles. The second-order valence-electron chi connectivity index (χ2n) is 7.44. The Morgan fingerprint density at radius 1 is 1.22 bits per heavy atom. The van der Waals surface area contributed by atoms with Gasteiger partial charge in [0.2, 0.25) is 0 Å². The Balaban J connectivity index is 1.79. The Bertz CT molecular complexity index is 1360. The average molecular weight is 435 g/mol. The quantitative estimate of drug-likeness (QED) is 0.403. The highest BCUT2D eigenvalue weighted by Gasteiger charge is 2.21. The van der Waals surface area contributed by atoms with Crippen LogP contribution in [0.1, 0.15) is 33.3 Å².